The standard InChI is InChI=1S/C85H53BN8S/c1-6-25-54(26-7-1)69-53-70(55-27-8-2-9-28-55)88-83(87-69)59-45-48-72(94-71-41-20-16-38-65(71)78-75(94)49-47-64-63-37-17-23-44-77(63)95-81(64)78)66(52-59)85-90-82(56-29-10-3-11-30-56)89-84(91-85)58-32-24-31-57(51-58)62-46-50-76-79-80(62)93(61-35-14-5-15-36-61)74-43-22-19-40-68(74)86(79)67-39-18-21-42-73(67)92(76)60-33-12-4-13-34-60/h1-53H. The summed E-state index contributed by atoms with van der Waals surface area (Å²) in [5, 5.41) is 4.87. The van der Waals surface area contributed by atoms with E-state index in [1.807, 2.05) is 41.7 Å². The second-order valence-electron chi connectivity index (χ2n) is 24.3. The van der Waals surface area contributed by atoms with E-state index in [0.717, 1.165) is 106 Å². The van der Waals surface area contributed by atoms with Crippen molar-refractivity contribution in [3.63, 3.8) is 0 Å². The third-order valence-corrected chi connectivity index (χ3v) is 20.0. The average molecular weight is 1230 g/mol. The molecule has 0 saturated heterocycles. The number of nitrogens with zero attached hydrogens (tertiary/aromatic N) is 8. The Morgan fingerprint density at radius 2 is 0.811 bits per heavy atom. The Balaban J connectivity index is 0.854. The molecule has 0 spiro atoms. The van der Waals surface area contributed by atoms with Crippen molar-refractivity contribution in [1.29, 1.82) is 0 Å². The molecule has 0 amide bonds. The van der Waals surface area contributed by atoms with E-state index in [0.29, 0.717) is 23.3 Å². The van der Waals surface area contributed by atoms with Crippen LogP contribution in [0.1, 0.15) is 0 Å². The number of thiophene rings is 1. The second kappa shape index (κ2) is 22.2. The molecule has 2 aliphatic heterocycles. The van der Waals surface area contributed by atoms with Crippen molar-refractivity contribution < 1.29 is 0 Å². The van der Waals surface area contributed by atoms with E-state index < -0.39 is 0 Å². The molecule has 0 radical (unpaired) electrons. The summed E-state index contributed by atoms with van der Waals surface area (Å²) in [5.41, 5.74) is 22.6. The van der Waals surface area contributed by atoms with Gasteiger partial charge in [-0.05, 0) is 113 Å². The van der Waals surface area contributed by atoms with Crippen LogP contribution in [0.25, 0.3) is 127 Å². The Hall–Kier alpha value is -12.4. The van der Waals surface area contributed by atoms with E-state index in [4.69, 9.17) is 24.9 Å². The van der Waals surface area contributed by atoms with Crippen LogP contribution in [-0.4, -0.2) is 36.2 Å². The minimum Gasteiger partial charge on any atom is -0.311 e. The van der Waals surface area contributed by atoms with Crippen molar-refractivity contribution >= 4 is 111 Å². The third kappa shape index (κ3) is 8.94. The molecule has 13 aromatic carbocycles. The van der Waals surface area contributed by atoms with Gasteiger partial charge in [-0.2, -0.15) is 0 Å². The molecule has 442 valence electrons. The molecule has 4 aromatic heterocycles. The average Bonchev–Trinajstić information content (AvgIpc) is 1.71. The van der Waals surface area contributed by atoms with Crippen LogP contribution in [0.3, 0.4) is 0 Å². The summed E-state index contributed by atoms with van der Waals surface area (Å²) in [6.45, 7) is -0.0541. The van der Waals surface area contributed by atoms with Crippen LogP contribution in [0.2, 0.25) is 0 Å². The van der Waals surface area contributed by atoms with E-state index in [9.17, 15) is 0 Å². The summed E-state index contributed by atoms with van der Waals surface area (Å²) in [4.78, 5) is 32.5. The SMILES string of the molecule is c1ccc(-c2cc(-c3ccccc3)nc(-c3ccc(-n4c5ccccc5c5c6sc7ccccc7c6ccc54)c(-c4nc(-c5ccccc5)nc(-c5cccc(-c6ccc7c8c6N(c6ccccc6)c6ccccc6B8c6ccccc6N7c6ccccc6)c5)n4)c3)n2)cc1. The molecule has 8 nitrogen and oxygen atoms in total. The van der Waals surface area contributed by atoms with Gasteiger partial charge in [0.2, 0.25) is 0 Å². The van der Waals surface area contributed by atoms with Crippen molar-refractivity contribution in [3.8, 4) is 84.9 Å². The zero-order chi connectivity index (χ0) is 62.5. The molecule has 0 atom stereocenters. The van der Waals surface area contributed by atoms with Gasteiger partial charge in [0.15, 0.2) is 23.3 Å². The highest BCUT2D eigenvalue weighted by Gasteiger charge is 2.44. The Morgan fingerprint density at radius 1 is 0.295 bits per heavy atom. The minimum atomic E-state index is -0.0541. The minimum absolute atomic E-state index is 0.0541. The zero-order valence-electron chi connectivity index (χ0n) is 51.2. The smallest absolute Gasteiger partial charge is 0.252 e. The number of fused-ring (bicyclic) bond motifs is 11. The van der Waals surface area contributed by atoms with Gasteiger partial charge in [0.25, 0.3) is 6.71 Å². The van der Waals surface area contributed by atoms with Gasteiger partial charge in [-0.15, -0.1) is 11.3 Å². The second-order valence-corrected chi connectivity index (χ2v) is 25.3. The van der Waals surface area contributed by atoms with Crippen molar-refractivity contribution in [2.75, 3.05) is 9.80 Å². The van der Waals surface area contributed by atoms with Crippen molar-refractivity contribution in [2.24, 2.45) is 0 Å². The van der Waals surface area contributed by atoms with E-state index in [2.05, 4.69) is 306 Å². The Morgan fingerprint density at radius 3 is 1.51 bits per heavy atom. The molecule has 95 heavy (non-hydrogen) atoms. The summed E-state index contributed by atoms with van der Waals surface area (Å²) in [6, 6.07) is 115. The molecule has 0 unspecified atom stereocenters. The summed E-state index contributed by atoms with van der Waals surface area (Å²) in [7, 11) is 0. The van der Waals surface area contributed by atoms with Gasteiger partial charge in [-0.25, -0.2) is 24.9 Å². The lowest BCUT2D eigenvalue weighted by molar-refractivity contribution is 1.06. The summed E-state index contributed by atoms with van der Waals surface area (Å²) in [6.07, 6.45) is 0. The molecule has 19 rings (SSSR count). The number of anilines is 6. The number of aromatic nitrogens is 6. The lowest BCUT2D eigenvalue weighted by Crippen LogP contribution is -2.61. The van der Waals surface area contributed by atoms with Gasteiger partial charge in [0.05, 0.1) is 33.8 Å². The normalized spacial score (nSPS) is 12.4. The van der Waals surface area contributed by atoms with Crippen molar-refractivity contribution in [3.05, 3.63) is 322 Å². The predicted molar refractivity (Wildman–Crippen MR) is 395 cm³/mol. The molecule has 6 heterocycles. The fourth-order valence-corrected chi connectivity index (χ4v) is 15.9. The van der Waals surface area contributed by atoms with Gasteiger partial charge >= 0.3 is 0 Å². The van der Waals surface area contributed by atoms with Crippen LogP contribution in [-0.2, 0) is 0 Å². The summed E-state index contributed by atoms with van der Waals surface area (Å²) >= 11 is 1.85. The van der Waals surface area contributed by atoms with Gasteiger partial charge in [-0.1, -0.05) is 231 Å². The third-order valence-electron chi connectivity index (χ3n) is 18.8. The quantitative estimate of drug-likeness (QED) is 0.126. The number of benzene rings is 13. The number of hydrogen-bond donors (Lipinski definition) is 0. The Kier molecular flexibility index (Phi) is 12.7. The van der Waals surface area contributed by atoms with Gasteiger partial charge < -0.3 is 14.4 Å². The fraction of sp³-hybridized carbons (Fsp3) is 0. The van der Waals surface area contributed by atoms with Gasteiger partial charge in [0, 0.05) is 98.3 Å². The maximum atomic E-state index is 5.71. The molecule has 10 heteroatoms. The van der Waals surface area contributed by atoms with Gasteiger partial charge in [-0.3, -0.25) is 0 Å². The number of rotatable bonds is 10. The first-order valence-corrected chi connectivity index (χ1v) is 32.9. The number of para-hydroxylation sites is 5. The molecule has 2 aliphatic rings. The van der Waals surface area contributed by atoms with Gasteiger partial charge in [0.1, 0.15) is 0 Å². The first-order chi connectivity index (χ1) is 47.1. The van der Waals surface area contributed by atoms with Crippen molar-refractivity contribution in [1.82, 2.24) is 29.5 Å². The molecule has 0 saturated carbocycles. The first-order valence-electron chi connectivity index (χ1n) is 32.1. The first kappa shape index (κ1) is 54.4. The van der Waals surface area contributed by atoms with E-state index in [-0.39, 0.29) is 6.71 Å². The lowest BCUT2D eigenvalue weighted by Gasteiger charge is -2.45. The maximum absolute atomic E-state index is 5.71. The Labute approximate surface area is 552 Å². The highest BCUT2D eigenvalue weighted by molar-refractivity contribution is 7.26. The molecule has 0 aliphatic carbocycles. The summed E-state index contributed by atoms with van der Waals surface area (Å²) in [5.74, 6) is 2.17. The van der Waals surface area contributed by atoms with E-state index >= 15 is 0 Å². The van der Waals surface area contributed by atoms with Crippen molar-refractivity contribution in [2.45, 2.75) is 0 Å². The molecular weight excluding hydrogens is 1180 g/mol. The van der Waals surface area contributed by atoms with Crippen LogP contribution in [0.15, 0.2) is 322 Å². The Bertz CT molecular complexity index is 5810. The predicted octanol–water partition coefficient (Wildman–Crippen LogP) is 19.9. The fourth-order valence-electron chi connectivity index (χ4n) is 14.7. The highest BCUT2D eigenvalue weighted by atomic mass is 32.1. The summed E-state index contributed by atoms with van der Waals surface area (Å²) < 4.78 is 4.91. The molecule has 17 aromatic rings. The largest absolute Gasteiger partial charge is 0.311 e. The molecule has 0 N–H and O–H groups in total. The zero-order valence-corrected chi connectivity index (χ0v) is 52.0. The van der Waals surface area contributed by atoms with Crippen LogP contribution in [0.4, 0.5) is 34.1 Å². The van der Waals surface area contributed by atoms with Crippen LogP contribution in [0.5, 0.6) is 0 Å². The van der Waals surface area contributed by atoms with E-state index in [1.54, 1.807) is 0 Å². The lowest BCUT2D eigenvalue weighted by atomic mass is 9.33. The molecule has 0 fully saturated rings. The monoisotopic (exact) mass is 1230 g/mol. The topological polar surface area (TPSA) is 75.9 Å². The van der Waals surface area contributed by atoms with Crippen LogP contribution >= 0.6 is 11.3 Å². The van der Waals surface area contributed by atoms with E-state index in [1.165, 1.54) is 47.6 Å². The van der Waals surface area contributed by atoms with Crippen LogP contribution in [0, 0.1) is 0 Å². The van der Waals surface area contributed by atoms with Crippen LogP contribution < -0.4 is 26.2 Å². The molecule has 0 bridgehead atoms. The maximum Gasteiger partial charge on any atom is 0.252 e. The molecular formula is C85H53BN8S. The highest BCUT2D eigenvalue weighted by Crippen LogP contribution is 2.49. The number of hydrogen-bond acceptors (Lipinski definition) is 8.